The predicted octanol–water partition coefficient (Wildman–Crippen LogP) is 1.89. The lowest BCUT2D eigenvalue weighted by atomic mass is 10.1. The van der Waals surface area contributed by atoms with E-state index in [-0.39, 0.29) is 21.1 Å². The average molecular weight is 380 g/mol. The van der Waals surface area contributed by atoms with E-state index < -0.39 is 15.8 Å². The van der Waals surface area contributed by atoms with Crippen LogP contribution in [0.4, 0.5) is 10.1 Å². The summed E-state index contributed by atoms with van der Waals surface area (Å²) < 4.78 is 40.4. The SMILES string of the molecule is CN1CCCC(N(C)S(=O)(=O)c2cc(N)c(F)cc2Br)C1. The van der Waals surface area contributed by atoms with Gasteiger partial charge in [-0.1, -0.05) is 0 Å². The molecule has 0 bridgehead atoms. The van der Waals surface area contributed by atoms with Crippen molar-refractivity contribution in [1.82, 2.24) is 9.21 Å². The molecular formula is C13H19BrFN3O2S. The molecule has 118 valence electrons. The second kappa shape index (κ2) is 6.20. The highest BCUT2D eigenvalue weighted by Crippen LogP contribution is 2.30. The van der Waals surface area contributed by atoms with Crippen molar-refractivity contribution in [2.24, 2.45) is 0 Å². The summed E-state index contributed by atoms with van der Waals surface area (Å²) in [5.41, 5.74) is 5.32. The fourth-order valence-corrected chi connectivity index (χ4v) is 4.92. The maximum absolute atomic E-state index is 13.4. The van der Waals surface area contributed by atoms with Crippen molar-refractivity contribution in [3.05, 3.63) is 22.4 Å². The van der Waals surface area contributed by atoms with Gasteiger partial charge in [-0.2, -0.15) is 4.31 Å². The monoisotopic (exact) mass is 379 g/mol. The summed E-state index contributed by atoms with van der Waals surface area (Å²) in [7, 11) is -0.188. The summed E-state index contributed by atoms with van der Waals surface area (Å²) in [6, 6.07) is 2.16. The molecule has 1 heterocycles. The van der Waals surface area contributed by atoms with Gasteiger partial charge in [0.05, 0.1) is 10.6 Å². The molecule has 1 aliphatic rings. The second-order valence-electron chi connectivity index (χ2n) is 5.38. The number of nitrogens with zero attached hydrogens (tertiary/aromatic N) is 2. The van der Waals surface area contributed by atoms with Crippen LogP contribution in [0, 0.1) is 5.82 Å². The van der Waals surface area contributed by atoms with E-state index in [4.69, 9.17) is 5.73 Å². The fraction of sp³-hybridized carbons (Fsp3) is 0.538. The molecular weight excluding hydrogens is 361 g/mol. The normalized spacial score (nSPS) is 20.9. The zero-order chi connectivity index (χ0) is 15.8. The zero-order valence-electron chi connectivity index (χ0n) is 12.0. The van der Waals surface area contributed by atoms with Crippen LogP contribution in [0.3, 0.4) is 0 Å². The van der Waals surface area contributed by atoms with Crippen molar-refractivity contribution < 1.29 is 12.8 Å². The lowest BCUT2D eigenvalue weighted by molar-refractivity contribution is 0.187. The molecule has 1 saturated heterocycles. The quantitative estimate of drug-likeness (QED) is 0.814. The number of halogens is 2. The predicted molar refractivity (Wildman–Crippen MR) is 84.0 cm³/mol. The van der Waals surface area contributed by atoms with Crippen LogP contribution >= 0.6 is 15.9 Å². The number of piperidine rings is 1. The van der Waals surface area contributed by atoms with E-state index in [1.54, 1.807) is 7.05 Å². The molecule has 5 nitrogen and oxygen atoms in total. The van der Waals surface area contributed by atoms with E-state index in [2.05, 4.69) is 20.8 Å². The van der Waals surface area contributed by atoms with Crippen LogP contribution < -0.4 is 5.73 Å². The van der Waals surface area contributed by atoms with Crippen molar-refractivity contribution in [1.29, 1.82) is 0 Å². The molecule has 1 aromatic rings. The Morgan fingerprint density at radius 2 is 2.14 bits per heavy atom. The van der Waals surface area contributed by atoms with Crippen LogP contribution in [0.2, 0.25) is 0 Å². The lowest BCUT2D eigenvalue weighted by Crippen LogP contribution is -2.47. The Balaban J connectivity index is 2.35. The summed E-state index contributed by atoms with van der Waals surface area (Å²) in [6.45, 7) is 1.65. The van der Waals surface area contributed by atoms with Gasteiger partial charge in [-0.15, -0.1) is 0 Å². The molecule has 8 heteroatoms. The highest BCUT2D eigenvalue weighted by atomic mass is 79.9. The number of hydrogen-bond acceptors (Lipinski definition) is 4. The van der Waals surface area contributed by atoms with E-state index in [0.717, 1.165) is 31.5 Å². The number of nitrogens with two attached hydrogens (primary N) is 1. The molecule has 1 aliphatic heterocycles. The van der Waals surface area contributed by atoms with Gasteiger partial charge in [0, 0.05) is 24.1 Å². The van der Waals surface area contributed by atoms with Crippen LogP contribution in [0.1, 0.15) is 12.8 Å². The molecule has 1 unspecified atom stereocenters. The van der Waals surface area contributed by atoms with Crippen molar-refractivity contribution in [3.63, 3.8) is 0 Å². The number of rotatable bonds is 3. The third-order valence-corrected chi connectivity index (χ3v) is 6.69. The molecule has 0 saturated carbocycles. The maximum Gasteiger partial charge on any atom is 0.244 e. The summed E-state index contributed by atoms with van der Waals surface area (Å²) in [4.78, 5) is 2.10. The Morgan fingerprint density at radius 1 is 1.48 bits per heavy atom. The highest BCUT2D eigenvalue weighted by Gasteiger charge is 2.32. The van der Waals surface area contributed by atoms with Gasteiger partial charge in [0.1, 0.15) is 5.82 Å². The van der Waals surface area contributed by atoms with E-state index in [1.807, 2.05) is 7.05 Å². The zero-order valence-corrected chi connectivity index (χ0v) is 14.4. The van der Waals surface area contributed by atoms with Gasteiger partial charge < -0.3 is 10.6 Å². The standard InChI is InChI=1S/C13H19BrFN3O2S/c1-17-5-3-4-9(8-17)18(2)21(19,20)13-7-12(16)11(15)6-10(13)14/h6-7,9H,3-5,8,16H2,1-2H3. The topological polar surface area (TPSA) is 66.6 Å². The number of benzene rings is 1. The molecule has 1 atom stereocenters. The van der Waals surface area contributed by atoms with Crippen LogP contribution in [0.25, 0.3) is 0 Å². The fourth-order valence-electron chi connectivity index (χ4n) is 2.53. The number of anilines is 1. The molecule has 0 amide bonds. The number of hydrogen-bond donors (Lipinski definition) is 1. The molecule has 2 rings (SSSR count). The van der Waals surface area contributed by atoms with Crippen LogP contribution in [0.5, 0.6) is 0 Å². The first kappa shape index (κ1) is 16.7. The number of likely N-dealkylation sites (tertiary alicyclic amines) is 1. The molecule has 2 N–H and O–H groups in total. The Hall–Kier alpha value is -0.700. The highest BCUT2D eigenvalue weighted by molar-refractivity contribution is 9.10. The Bertz CT molecular complexity index is 639. The maximum atomic E-state index is 13.4. The lowest BCUT2D eigenvalue weighted by Gasteiger charge is -2.35. The van der Waals surface area contributed by atoms with Gasteiger partial charge in [-0.25, -0.2) is 12.8 Å². The molecule has 0 aromatic heterocycles. The van der Waals surface area contributed by atoms with E-state index in [0.29, 0.717) is 6.54 Å². The smallest absolute Gasteiger partial charge is 0.244 e. The Kier molecular flexibility index (Phi) is 4.92. The van der Waals surface area contributed by atoms with Gasteiger partial charge in [0.2, 0.25) is 10.0 Å². The first-order valence-corrected chi connectivity index (χ1v) is 8.88. The molecule has 1 aromatic carbocycles. The van der Waals surface area contributed by atoms with Crippen LogP contribution in [-0.4, -0.2) is 50.8 Å². The molecule has 0 aliphatic carbocycles. The molecule has 1 fully saturated rings. The largest absolute Gasteiger partial charge is 0.396 e. The minimum absolute atomic E-state index is 0.00266. The summed E-state index contributed by atoms with van der Waals surface area (Å²) in [5.74, 6) is -0.638. The number of likely N-dealkylation sites (N-methyl/N-ethyl adjacent to an activating group) is 2. The first-order valence-electron chi connectivity index (χ1n) is 6.64. The van der Waals surface area contributed by atoms with Gasteiger partial charge in [0.15, 0.2) is 0 Å². The molecule has 21 heavy (non-hydrogen) atoms. The number of nitrogen functional groups attached to an aromatic ring is 1. The minimum Gasteiger partial charge on any atom is -0.396 e. The van der Waals surface area contributed by atoms with Gasteiger partial charge in [-0.05, 0) is 54.5 Å². The van der Waals surface area contributed by atoms with Crippen molar-refractivity contribution in [3.8, 4) is 0 Å². The van der Waals surface area contributed by atoms with E-state index in [1.165, 1.54) is 4.31 Å². The van der Waals surface area contributed by atoms with Crippen LogP contribution in [0.15, 0.2) is 21.5 Å². The van der Waals surface area contributed by atoms with E-state index >= 15 is 0 Å². The summed E-state index contributed by atoms with van der Waals surface area (Å²) in [5, 5.41) is 0. The third kappa shape index (κ3) is 3.39. The molecule has 0 radical (unpaired) electrons. The van der Waals surface area contributed by atoms with Crippen LogP contribution in [-0.2, 0) is 10.0 Å². The van der Waals surface area contributed by atoms with Gasteiger partial charge in [-0.3, -0.25) is 0 Å². The number of sulfonamides is 1. The molecule has 0 spiro atoms. The average Bonchev–Trinajstić information content (AvgIpc) is 2.41. The van der Waals surface area contributed by atoms with Gasteiger partial charge in [0.25, 0.3) is 0 Å². The first-order chi connectivity index (χ1) is 9.73. The minimum atomic E-state index is -3.72. The third-order valence-electron chi connectivity index (χ3n) is 3.82. The van der Waals surface area contributed by atoms with Crippen molar-refractivity contribution >= 4 is 31.6 Å². The van der Waals surface area contributed by atoms with Crippen molar-refractivity contribution in [2.45, 2.75) is 23.8 Å². The van der Waals surface area contributed by atoms with Crippen molar-refractivity contribution in [2.75, 3.05) is 32.9 Å². The summed E-state index contributed by atoms with van der Waals surface area (Å²) >= 11 is 3.11. The second-order valence-corrected chi connectivity index (χ2v) is 8.20. The summed E-state index contributed by atoms with van der Waals surface area (Å²) in [6.07, 6.45) is 1.77. The van der Waals surface area contributed by atoms with E-state index in [9.17, 15) is 12.8 Å². The Labute approximate surface area is 133 Å². The van der Waals surface area contributed by atoms with Gasteiger partial charge >= 0.3 is 0 Å². The Morgan fingerprint density at radius 3 is 2.76 bits per heavy atom.